The van der Waals surface area contributed by atoms with Crippen LogP contribution < -0.4 is 31.4 Å². The summed E-state index contributed by atoms with van der Waals surface area (Å²) in [5.74, 6) is 0.264. The van der Waals surface area contributed by atoms with E-state index >= 15 is 0 Å². The van der Waals surface area contributed by atoms with Crippen LogP contribution in [0.4, 0.5) is 11.5 Å². The van der Waals surface area contributed by atoms with Gasteiger partial charge in [-0.3, -0.25) is 19.4 Å². The highest BCUT2D eigenvalue weighted by Crippen LogP contribution is 2.32. The number of carbonyl (C=O) groups is 2. The number of aromatic amines is 1. The number of fused-ring (bicyclic) bond motifs is 1. The van der Waals surface area contributed by atoms with Crippen molar-refractivity contribution < 1.29 is 23.5 Å². The van der Waals surface area contributed by atoms with Crippen LogP contribution in [0.3, 0.4) is 0 Å². The second-order valence-corrected chi connectivity index (χ2v) is 7.28. The predicted molar refractivity (Wildman–Crippen MR) is 111 cm³/mol. The molecule has 2 aromatic heterocycles. The molecular formula is C19H17N5O6S. The van der Waals surface area contributed by atoms with Gasteiger partial charge < -0.3 is 30.3 Å². The van der Waals surface area contributed by atoms with Gasteiger partial charge in [-0.05, 0) is 29.8 Å². The number of nitrogens with zero attached hydrogens (tertiary/aromatic N) is 1. The molecule has 0 saturated heterocycles. The Morgan fingerprint density at radius 3 is 2.84 bits per heavy atom. The number of nitrogen functional groups attached to an aromatic ring is 1. The van der Waals surface area contributed by atoms with Gasteiger partial charge in [-0.1, -0.05) is 17.8 Å². The molecule has 4 rings (SSSR count). The first kappa shape index (κ1) is 20.3. The summed E-state index contributed by atoms with van der Waals surface area (Å²) in [6, 6.07) is 8.39. The third-order valence-corrected chi connectivity index (χ3v) is 5.05. The summed E-state index contributed by atoms with van der Waals surface area (Å²) in [5, 5.41) is 5.28. The van der Waals surface area contributed by atoms with E-state index in [0.29, 0.717) is 18.0 Å². The minimum atomic E-state index is -0.643. The van der Waals surface area contributed by atoms with Gasteiger partial charge in [0.2, 0.25) is 12.7 Å². The van der Waals surface area contributed by atoms with E-state index in [4.69, 9.17) is 19.6 Å². The lowest BCUT2D eigenvalue weighted by Gasteiger charge is -2.08. The quantitative estimate of drug-likeness (QED) is 0.312. The highest BCUT2D eigenvalue weighted by Gasteiger charge is 2.17. The number of benzene rings is 1. The normalized spacial score (nSPS) is 11.9. The molecule has 12 heteroatoms. The number of anilines is 2. The first-order valence-corrected chi connectivity index (χ1v) is 10.0. The van der Waals surface area contributed by atoms with Gasteiger partial charge in [-0.25, -0.2) is 4.98 Å². The van der Waals surface area contributed by atoms with Crippen LogP contribution in [0.2, 0.25) is 0 Å². The number of thioether (sulfide) groups is 1. The van der Waals surface area contributed by atoms with Crippen LogP contribution in [0.5, 0.6) is 11.5 Å². The average Bonchev–Trinajstić information content (AvgIpc) is 3.44. The van der Waals surface area contributed by atoms with Gasteiger partial charge in [-0.15, -0.1) is 0 Å². The number of amides is 2. The second-order valence-electron chi connectivity index (χ2n) is 6.32. The van der Waals surface area contributed by atoms with Crippen LogP contribution >= 0.6 is 11.8 Å². The molecule has 1 aromatic carbocycles. The van der Waals surface area contributed by atoms with Crippen LogP contribution in [-0.4, -0.2) is 34.3 Å². The Morgan fingerprint density at radius 2 is 2.06 bits per heavy atom. The topological polar surface area (TPSA) is 162 Å². The number of H-pyrrole nitrogens is 1. The van der Waals surface area contributed by atoms with E-state index in [2.05, 4.69) is 20.6 Å². The Hall–Kier alpha value is -3.93. The lowest BCUT2D eigenvalue weighted by Crippen LogP contribution is -2.25. The molecule has 0 unspecified atom stereocenters. The van der Waals surface area contributed by atoms with Crippen LogP contribution in [0.15, 0.2) is 51.0 Å². The zero-order chi connectivity index (χ0) is 21.8. The highest BCUT2D eigenvalue weighted by atomic mass is 32.2. The molecule has 0 saturated carbocycles. The van der Waals surface area contributed by atoms with E-state index in [1.165, 1.54) is 18.4 Å². The molecule has 0 radical (unpaired) electrons. The molecule has 0 aliphatic carbocycles. The van der Waals surface area contributed by atoms with Crippen LogP contribution in [0.25, 0.3) is 0 Å². The molecule has 3 aromatic rings. The Morgan fingerprint density at radius 1 is 1.23 bits per heavy atom. The summed E-state index contributed by atoms with van der Waals surface area (Å²) < 4.78 is 15.5. The smallest absolute Gasteiger partial charge is 0.291 e. The molecule has 3 heterocycles. The summed E-state index contributed by atoms with van der Waals surface area (Å²) in [6.07, 6.45) is 1.33. The molecule has 0 fully saturated rings. The molecule has 0 atom stereocenters. The molecule has 0 bridgehead atoms. The van der Waals surface area contributed by atoms with Crippen molar-refractivity contribution in [1.82, 2.24) is 15.3 Å². The van der Waals surface area contributed by atoms with Crippen molar-refractivity contribution >= 4 is 35.1 Å². The highest BCUT2D eigenvalue weighted by molar-refractivity contribution is 7.99. The Labute approximate surface area is 179 Å². The molecule has 0 spiro atoms. The summed E-state index contributed by atoms with van der Waals surface area (Å²) >= 11 is 1.00. The zero-order valence-corrected chi connectivity index (χ0v) is 16.8. The van der Waals surface area contributed by atoms with E-state index in [1.54, 1.807) is 12.1 Å². The van der Waals surface area contributed by atoms with E-state index in [-0.39, 0.29) is 40.9 Å². The fourth-order valence-electron chi connectivity index (χ4n) is 2.68. The predicted octanol–water partition coefficient (Wildman–Crippen LogP) is 1.33. The fourth-order valence-corrected chi connectivity index (χ4v) is 3.38. The third-order valence-electron chi connectivity index (χ3n) is 4.18. The lowest BCUT2D eigenvalue weighted by atomic mass is 10.2. The van der Waals surface area contributed by atoms with Gasteiger partial charge in [0, 0.05) is 6.54 Å². The number of nitrogens with two attached hydrogens (primary N) is 1. The maximum atomic E-state index is 12.3. The van der Waals surface area contributed by atoms with Crippen molar-refractivity contribution in [3.63, 3.8) is 0 Å². The van der Waals surface area contributed by atoms with Gasteiger partial charge in [0.15, 0.2) is 33.9 Å². The molecule has 2 amide bonds. The molecular weight excluding hydrogens is 426 g/mol. The van der Waals surface area contributed by atoms with E-state index in [1.807, 2.05) is 6.07 Å². The van der Waals surface area contributed by atoms with Crippen molar-refractivity contribution in [3.05, 3.63) is 58.3 Å². The fraction of sp³-hybridized carbons (Fsp3) is 0.158. The maximum absolute atomic E-state index is 12.3. The number of nitrogens with one attached hydrogen (secondary N) is 3. The summed E-state index contributed by atoms with van der Waals surface area (Å²) in [5.41, 5.74) is 5.81. The molecule has 31 heavy (non-hydrogen) atoms. The molecule has 1 aliphatic heterocycles. The SMILES string of the molecule is Nc1nc(SCC(=O)NCc2ccc3c(c2)OCO3)[nH]c(=O)c1NC(=O)c1ccco1. The monoisotopic (exact) mass is 443 g/mol. The number of carbonyl (C=O) groups excluding carboxylic acids is 2. The maximum Gasteiger partial charge on any atom is 0.291 e. The number of furan rings is 1. The second kappa shape index (κ2) is 8.83. The van der Waals surface area contributed by atoms with Gasteiger partial charge >= 0.3 is 0 Å². The minimum Gasteiger partial charge on any atom is -0.459 e. The average molecular weight is 443 g/mol. The Bertz CT molecular complexity index is 1180. The molecule has 5 N–H and O–H groups in total. The minimum absolute atomic E-state index is 0.00499. The van der Waals surface area contributed by atoms with Crippen molar-refractivity contribution in [2.75, 3.05) is 23.6 Å². The molecule has 160 valence electrons. The van der Waals surface area contributed by atoms with E-state index in [0.717, 1.165) is 17.3 Å². The molecule has 1 aliphatic rings. The molecule has 11 nitrogen and oxygen atoms in total. The van der Waals surface area contributed by atoms with Gasteiger partial charge in [-0.2, -0.15) is 0 Å². The summed E-state index contributed by atoms with van der Waals surface area (Å²) in [7, 11) is 0. The Kier molecular flexibility index (Phi) is 5.80. The first-order chi connectivity index (χ1) is 15.0. The number of aromatic nitrogens is 2. The van der Waals surface area contributed by atoms with E-state index < -0.39 is 11.5 Å². The van der Waals surface area contributed by atoms with E-state index in [9.17, 15) is 14.4 Å². The van der Waals surface area contributed by atoms with Crippen LogP contribution in [0, 0.1) is 0 Å². The number of rotatable bonds is 7. The largest absolute Gasteiger partial charge is 0.459 e. The first-order valence-electron chi connectivity index (χ1n) is 9.02. The third kappa shape index (κ3) is 4.80. The summed E-state index contributed by atoms with van der Waals surface area (Å²) in [4.78, 5) is 42.9. The van der Waals surface area contributed by atoms with Gasteiger partial charge in [0.1, 0.15) is 0 Å². The number of ether oxygens (including phenoxy) is 2. The number of hydrogen-bond donors (Lipinski definition) is 4. The lowest BCUT2D eigenvalue weighted by molar-refractivity contribution is -0.118. The standard InChI is InChI=1S/C19H17N5O6S/c20-16-15(22-17(26)12-2-1-5-28-12)18(27)24-19(23-16)31-8-14(25)21-7-10-3-4-11-13(6-10)30-9-29-11/h1-6H,7-9H2,(H,21,25)(H,22,26)(H3,20,23,24,27). The van der Waals surface area contributed by atoms with Crippen LogP contribution in [0.1, 0.15) is 16.1 Å². The van der Waals surface area contributed by atoms with Crippen molar-refractivity contribution in [3.8, 4) is 11.5 Å². The Balaban J connectivity index is 1.31. The van der Waals surface area contributed by atoms with Crippen molar-refractivity contribution in [2.45, 2.75) is 11.7 Å². The summed E-state index contributed by atoms with van der Waals surface area (Å²) in [6.45, 7) is 0.487. The zero-order valence-electron chi connectivity index (χ0n) is 16.0. The van der Waals surface area contributed by atoms with Crippen molar-refractivity contribution in [2.24, 2.45) is 0 Å². The van der Waals surface area contributed by atoms with Gasteiger partial charge in [0.25, 0.3) is 11.5 Å². The number of hydrogen-bond acceptors (Lipinski definition) is 9. The van der Waals surface area contributed by atoms with Gasteiger partial charge in [0.05, 0.1) is 12.0 Å². The van der Waals surface area contributed by atoms with Crippen molar-refractivity contribution in [1.29, 1.82) is 0 Å². The van der Waals surface area contributed by atoms with Crippen LogP contribution in [-0.2, 0) is 11.3 Å².